The highest BCUT2D eigenvalue weighted by atomic mass is 16.5. The number of aryl methyl sites for hydroxylation is 1. The molecule has 4 rings (SSSR count). The van der Waals surface area contributed by atoms with Gasteiger partial charge in [0.15, 0.2) is 0 Å². The van der Waals surface area contributed by atoms with Crippen LogP contribution in [0.15, 0.2) is 54.6 Å². The molecule has 0 unspecified atom stereocenters. The third-order valence-corrected chi connectivity index (χ3v) is 3.67. The molecule has 0 radical (unpaired) electrons. The van der Waals surface area contributed by atoms with Crippen molar-refractivity contribution in [1.29, 1.82) is 0 Å². The summed E-state index contributed by atoms with van der Waals surface area (Å²) in [5, 5.41) is 0. The largest absolute Gasteiger partial charge is 0.438 e. The Morgan fingerprint density at radius 2 is 1.67 bits per heavy atom. The summed E-state index contributed by atoms with van der Waals surface area (Å²) in [4.78, 5) is 9.10. The van der Waals surface area contributed by atoms with Crippen LogP contribution in [-0.4, -0.2) is 9.97 Å². The second-order valence-corrected chi connectivity index (χ2v) is 5.16. The first-order chi connectivity index (χ1) is 10.3. The molecule has 0 spiro atoms. The molecule has 2 aromatic carbocycles. The molecule has 2 heterocycles. The molecule has 0 saturated carbocycles. The number of benzene rings is 2. The molecule has 3 nitrogen and oxygen atoms in total. The zero-order valence-electron chi connectivity index (χ0n) is 11.7. The molecule has 102 valence electrons. The number of nitrogens with zero attached hydrogens (tertiary/aromatic N) is 2. The van der Waals surface area contributed by atoms with Crippen molar-refractivity contribution in [3.05, 3.63) is 71.5 Å². The van der Waals surface area contributed by atoms with E-state index in [0.29, 0.717) is 5.88 Å². The molecule has 0 fully saturated rings. The molecule has 0 saturated heterocycles. The molecule has 0 atom stereocenters. The topological polar surface area (TPSA) is 35.0 Å². The second-order valence-electron chi connectivity index (χ2n) is 5.16. The van der Waals surface area contributed by atoms with E-state index >= 15 is 0 Å². The van der Waals surface area contributed by atoms with Gasteiger partial charge in [-0.05, 0) is 18.6 Å². The first-order valence-corrected chi connectivity index (χ1v) is 7.00. The Morgan fingerprint density at radius 3 is 2.52 bits per heavy atom. The summed E-state index contributed by atoms with van der Waals surface area (Å²) in [7, 11) is 0. The van der Waals surface area contributed by atoms with E-state index < -0.39 is 0 Å². The lowest BCUT2D eigenvalue weighted by atomic mass is 9.98. The lowest BCUT2D eigenvalue weighted by Crippen LogP contribution is -2.09. The average molecular weight is 274 g/mol. The highest BCUT2D eigenvalue weighted by Crippen LogP contribution is 2.39. The van der Waals surface area contributed by atoms with Crippen LogP contribution in [0.25, 0.3) is 11.3 Å². The van der Waals surface area contributed by atoms with E-state index in [4.69, 9.17) is 4.74 Å². The molecule has 0 bridgehead atoms. The first-order valence-electron chi connectivity index (χ1n) is 7.00. The van der Waals surface area contributed by atoms with Gasteiger partial charge in [-0.15, -0.1) is 0 Å². The third-order valence-electron chi connectivity index (χ3n) is 3.67. The summed E-state index contributed by atoms with van der Waals surface area (Å²) < 4.78 is 5.97. The molecule has 3 aromatic rings. The van der Waals surface area contributed by atoms with Crippen molar-refractivity contribution in [2.24, 2.45) is 0 Å². The quantitative estimate of drug-likeness (QED) is 0.523. The Balaban J connectivity index is 1.91. The summed E-state index contributed by atoms with van der Waals surface area (Å²) in [5.41, 5.74) is 4.30. The van der Waals surface area contributed by atoms with Gasteiger partial charge in [0.1, 0.15) is 11.6 Å². The summed E-state index contributed by atoms with van der Waals surface area (Å²) in [6, 6.07) is 18.3. The van der Waals surface area contributed by atoms with Crippen LogP contribution in [0.4, 0.5) is 0 Å². The van der Waals surface area contributed by atoms with Crippen LogP contribution in [0.3, 0.4) is 0 Å². The fourth-order valence-corrected chi connectivity index (χ4v) is 2.69. The van der Waals surface area contributed by atoms with Gasteiger partial charge in [0.2, 0.25) is 5.88 Å². The molecular weight excluding hydrogens is 260 g/mol. The van der Waals surface area contributed by atoms with Crippen LogP contribution in [0.2, 0.25) is 0 Å². The van der Waals surface area contributed by atoms with E-state index in [1.54, 1.807) is 0 Å². The van der Waals surface area contributed by atoms with Crippen molar-refractivity contribution in [2.45, 2.75) is 13.3 Å². The van der Waals surface area contributed by atoms with Crippen LogP contribution in [0.1, 0.15) is 17.0 Å². The minimum absolute atomic E-state index is 0.681. The van der Waals surface area contributed by atoms with Gasteiger partial charge in [-0.1, -0.05) is 48.5 Å². The van der Waals surface area contributed by atoms with E-state index in [0.717, 1.165) is 34.8 Å². The van der Waals surface area contributed by atoms with Gasteiger partial charge in [-0.3, -0.25) is 0 Å². The summed E-state index contributed by atoms with van der Waals surface area (Å²) >= 11 is 0. The zero-order valence-corrected chi connectivity index (χ0v) is 11.7. The Labute approximate surface area is 123 Å². The molecule has 0 aliphatic carbocycles. The maximum Gasteiger partial charge on any atom is 0.226 e. The number of hydrogen-bond donors (Lipinski definition) is 0. The van der Waals surface area contributed by atoms with Crippen LogP contribution in [0.5, 0.6) is 11.6 Å². The lowest BCUT2D eigenvalue weighted by Gasteiger charge is -2.21. The molecule has 3 heteroatoms. The Hall–Kier alpha value is -2.68. The molecule has 0 N–H and O–H groups in total. The van der Waals surface area contributed by atoms with Crippen LogP contribution >= 0.6 is 0 Å². The average Bonchev–Trinajstić information content (AvgIpc) is 2.53. The van der Waals surface area contributed by atoms with Gasteiger partial charge in [0, 0.05) is 17.5 Å². The van der Waals surface area contributed by atoms with E-state index in [1.165, 1.54) is 5.56 Å². The summed E-state index contributed by atoms with van der Waals surface area (Å²) in [5.74, 6) is 2.30. The highest BCUT2D eigenvalue weighted by molar-refractivity contribution is 5.67. The predicted molar refractivity (Wildman–Crippen MR) is 81.5 cm³/mol. The summed E-state index contributed by atoms with van der Waals surface area (Å²) in [6.07, 6.45) is 0.802. The Bertz CT molecular complexity index is 813. The van der Waals surface area contributed by atoms with E-state index in [9.17, 15) is 0 Å². The Kier molecular flexibility index (Phi) is 2.71. The minimum atomic E-state index is 0.681. The molecule has 1 aromatic heterocycles. The van der Waals surface area contributed by atoms with E-state index in [1.807, 2.05) is 43.3 Å². The van der Waals surface area contributed by atoms with Crippen LogP contribution in [0, 0.1) is 6.92 Å². The van der Waals surface area contributed by atoms with Gasteiger partial charge >= 0.3 is 0 Å². The normalized spacial score (nSPS) is 12.2. The van der Waals surface area contributed by atoms with Gasteiger partial charge in [0.05, 0.1) is 5.69 Å². The van der Waals surface area contributed by atoms with Gasteiger partial charge in [0.25, 0.3) is 0 Å². The molecule has 1 aliphatic rings. The van der Waals surface area contributed by atoms with Gasteiger partial charge < -0.3 is 4.74 Å². The smallest absolute Gasteiger partial charge is 0.226 e. The van der Waals surface area contributed by atoms with Crippen molar-refractivity contribution in [3.63, 3.8) is 0 Å². The molecule has 1 aliphatic heterocycles. The second kappa shape index (κ2) is 4.70. The number of fused-ring (bicyclic) bond motifs is 2. The highest BCUT2D eigenvalue weighted by Gasteiger charge is 2.22. The lowest BCUT2D eigenvalue weighted by molar-refractivity contribution is 0.438. The van der Waals surface area contributed by atoms with Crippen molar-refractivity contribution < 1.29 is 4.74 Å². The van der Waals surface area contributed by atoms with Crippen molar-refractivity contribution in [3.8, 4) is 22.9 Å². The van der Waals surface area contributed by atoms with Crippen molar-refractivity contribution in [1.82, 2.24) is 9.97 Å². The fourth-order valence-electron chi connectivity index (χ4n) is 2.69. The van der Waals surface area contributed by atoms with E-state index in [-0.39, 0.29) is 0 Å². The number of aromatic nitrogens is 2. The summed E-state index contributed by atoms with van der Waals surface area (Å²) in [6.45, 7) is 1.90. The predicted octanol–water partition coefficient (Wildman–Crippen LogP) is 4.15. The van der Waals surface area contributed by atoms with Crippen molar-refractivity contribution in [2.75, 3.05) is 0 Å². The number of rotatable bonds is 1. The molecular formula is C18H14N2O. The molecule has 21 heavy (non-hydrogen) atoms. The number of para-hydroxylation sites is 1. The maximum atomic E-state index is 5.97. The van der Waals surface area contributed by atoms with E-state index in [2.05, 4.69) is 28.2 Å². The van der Waals surface area contributed by atoms with Crippen LogP contribution in [-0.2, 0) is 6.42 Å². The van der Waals surface area contributed by atoms with Gasteiger partial charge in [-0.25, -0.2) is 4.98 Å². The fraction of sp³-hybridized carbons (Fsp3) is 0.111. The third kappa shape index (κ3) is 2.07. The standard InChI is InChI=1S/C18H14N2O/c1-12-19-17(13-7-3-2-4-8-13)15-11-14-9-5-6-10-16(14)21-18(15)20-12/h2-10H,11H2,1H3. The minimum Gasteiger partial charge on any atom is -0.438 e. The molecule has 0 amide bonds. The van der Waals surface area contributed by atoms with Crippen molar-refractivity contribution >= 4 is 0 Å². The number of ether oxygens (including phenoxy) is 1. The van der Waals surface area contributed by atoms with Crippen LogP contribution < -0.4 is 4.74 Å². The first kappa shape index (κ1) is 12.1. The SMILES string of the molecule is Cc1nc2c(c(-c3ccccc3)n1)Cc1ccccc1O2. The zero-order chi connectivity index (χ0) is 14.2. The maximum absolute atomic E-state index is 5.97. The number of hydrogen-bond acceptors (Lipinski definition) is 3. The monoisotopic (exact) mass is 274 g/mol. The van der Waals surface area contributed by atoms with Gasteiger partial charge in [-0.2, -0.15) is 4.98 Å². The Morgan fingerprint density at radius 1 is 0.905 bits per heavy atom.